The van der Waals surface area contributed by atoms with Crippen molar-refractivity contribution in [3.05, 3.63) is 63.6 Å². The number of halogens is 3. The van der Waals surface area contributed by atoms with E-state index < -0.39 is 0 Å². The van der Waals surface area contributed by atoms with Gasteiger partial charge in [0.2, 0.25) is 0 Å². The molecular weight excluding hydrogens is 290 g/mol. The maximum atomic E-state index is 13.0. The van der Waals surface area contributed by atoms with E-state index in [0.717, 1.165) is 0 Å². The summed E-state index contributed by atoms with van der Waals surface area (Å²) in [7, 11) is 0. The first-order chi connectivity index (χ1) is 9.04. The summed E-state index contributed by atoms with van der Waals surface area (Å²) >= 11 is 11.4. The maximum absolute atomic E-state index is 13.0. The Morgan fingerprint density at radius 3 is 2.53 bits per heavy atom. The predicted octanol–water partition coefficient (Wildman–Crippen LogP) is 3.46. The van der Waals surface area contributed by atoms with Gasteiger partial charge in [-0.2, -0.15) is 0 Å². The standard InChI is InChI=1S/C13H9Cl2FN2O/c14-11-5-9(6-12(15)18-11)13(19)17-7-8-2-1-3-10(16)4-8/h1-6H,7H2,(H,17,19). The molecule has 0 unspecified atom stereocenters. The molecule has 1 amide bonds. The van der Waals surface area contributed by atoms with Crippen molar-refractivity contribution in [2.45, 2.75) is 6.54 Å². The molecule has 0 aliphatic rings. The Morgan fingerprint density at radius 1 is 1.21 bits per heavy atom. The molecule has 98 valence electrons. The number of hydrogen-bond donors (Lipinski definition) is 1. The molecule has 1 heterocycles. The van der Waals surface area contributed by atoms with E-state index in [9.17, 15) is 9.18 Å². The fourth-order valence-electron chi connectivity index (χ4n) is 1.53. The van der Waals surface area contributed by atoms with Crippen molar-refractivity contribution in [2.24, 2.45) is 0 Å². The molecule has 0 saturated carbocycles. The van der Waals surface area contributed by atoms with Crippen molar-refractivity contribution in [1.82, 2.24) is 10.3 Å². The molecule has 0 atom stereocenters. The topological polar surface area (TPSA) is 42.0 Å². The van der Waals surface area contributed by atoms with Crippen molar-refractivity contribution in [1.29, 1.82) is 0 Å². The maximum Gasteiger partial charge on any atom is 0.251 e. The summed E-state index contributed by atoms with van der Waals surface area (Å²) in [5.74, 6) is -0.697. The fraction of sp³-hybridized carbons (Fsp3) is 0.0769. The van der Waals surface area contributed by atoms with Crippen LogP contribution >= 0.6 is 23.2 Å². The van der Waals surface area contributed by atoms with Gasteiger partial charge in [-0.05, 0) is 29.8 Å². The van der Waals surface area contributed by atoms with Gasteiger partial charge < -0.3 is 5.32 Å². The van der Waals surface area contributed by atoms with E-state index >= 15 is 0 Å². The van der Waals surface area contributed by atoms with Crippen molar-refractivity contribution < 1.29 is 9.18 Å². The van der Waals surface area contributed by atoms with Crippen molar-refractivity contribution in [2.75, 3.05) is 0 Å². The molecule has 0 bridgehead atoms. The first-order valence-electron chi connectivity index (χ1n) is 5.40. The Bertz CT molecular complexity index is 599. The molecule has 0 fully saturated rings. The van der Waals surface area contributed by atoms with Crippen LogP contribution in [0, 0.1) is 5.82 Å². The number of rotatable bonds is 3. The fourth-order valence-corrected chi connectivity index (χ4v) is 1.99. The van der Waals surface area contributed by atoms with Crippen LogP contribution in [0.5, 0.6) is 0 Å². The Hall–Kier alpha value is -1.65. The minimum absolute atomic E-state index is 0.142. The largest absolute Gasteiger partial charge is 0.348 e. The van der Waals surface area contributed by atoms with E-state index in [2.05, 4.69) is 10.3 Å². The number of aromatic nitrogens is 1. The van der Waals surface area contributed by atoms with Crippen LogP contribution in [0.1, 0.15) is 15.9 Å². The molecule has 0 aliphatic heterocycles. The first-order valence-corrected chi connectivity index (χ1v) is 6.16. The highest BCUT2D eigenvalue weighted by molar-refractivity contribution is 6.33. The Labute approximate surface area is 119 Å². The molecule has 0 spiro atoms. The molecule has 19 heavy (non-hydrogen) atoms. The van der Waals surface area contributed by atoms with E-state index in [1.165, 1.54) is 24.3 Å². The number of carbonyl (C=O) groups is 1. The van der Waals surface area contributed by atoms with Gasteiger partial charge >= 0.3 is 0 Å². The highest BCUT2D eigenvalue weighted by atomic mass is 35.5. The Kier molecular flexibility index (Phi) is 4.35. The molecule has 6 heteroatoms. The number of pyridine rings is 1. The lowest BCUT2D eigenvalue weighted by molar-refractivity contribution is 0.0950. The molecule has 0 aliphatic carbocycles. The first kappa shape index (κ1) is 13.8. The molecule has 2 rings (SSSR count). The van der Waals surface area contributed by atoms with Gasteiger partial charge in [0, 0.05) is 12.1 Å². The summed E-state index contributed by atoms with van der Waals surface area (Å²) in [6, 6.07) is 8.82. The van der Waals surface area contributed by atoms with E-state index in [4.69, 9.17) is 23.2 Å². The van der Waals surface area contributed by atoms with Gasteiger partial charge in [-0.3, -0.25) is 4.79 Å². The number of nitrogens with one attached hydrogen (secondary N) is 1. The Morgan fingerprint density at radius 2 is 1.89 bits per heavy atom. The average molecular weight is 299 g/mol. The smallest absolute Gasteiger partial charge is 0.251 e. The molecular formula is C13H9Cl2FN2O. The van der Waals surface area contributed by atoms with E-state index in [1.54, 1.807) is 12.1 Å². The van der Waals surface area contributed by atoms with Gasteiger partial charge in [0.1, 0.15) is 16.1 Å². The van der Waals surface area contributed by atoms with Crippen LogP contribution in [0.2, 0.25) is 10.3 Å². The lowest BCUT2D eigenvalue weighted by atomic mass is 10.2. The van der Waals surface area contributed by atoms with Crippen LogP contribution in [-0.4, -0.2) is 10.9 Å². The lowest BCUT2D eigenvalue weighted by Crippen LogP contribution is -2.22. The summed E-state index contributed by atoms with van der Waals surface area (Å²) in [6.07, 6.45) is 0. The zero-order valence-electron chi connectivity index (χ0n) is 9.66. The molecule has 1 N–H and O–H groups in total. The van der Waals surface area contributed by atoms with Gasteiger partial charge in [-0.25, -0.2) is 9.37 Å². The normalized spacial score (nSPS) is 10.3. The number of hydrogen-bond acceptors (Lipinski definition) is 2. The molecule has 0 radical (unpaired) electrons. The number of carbonyl (C=O) groups excluding carboxylic acids is 1. The van der Waals surface area contributed by atoms with Gasteiger partial charge in [0.25, 0.3) is 5.91 Å². The molecule has 2 aromatic rings. The molecule has 0 saturated heterocycles. The summed E-state index contributed by atoms with van der Waals surface area (Å²) in [5.41, 5.74) is 0.973. The third-order valence-electron chi connectivity index (χ3n) is 2.37. The molecule has 1 aromatic heterocycles. The van der Waals surface area contributed by atoms with Crippen LogP contribution in [-0.2, 0) is 6.54 Å². The van der Waals surface area contributed by atoms with Gasteiger partial charge in [0.15, 0.2) is 0 Å². The highest BCUT2D eigenvalue weighted by Gasteiger charge is 2.08. The zero-order valence-corrected chi connectivity index (χ0v) is 11.2. The zero-order chi connectivity index (χ0) is 13.8. The quantitative estimate of drug-likeness (QED) is 0.882. The number of benzene rings is 1. The van der Waals surface area contributed by atoms with E-state index in [0.29, 0.717) is 11.1 Å². The second-order valence-electron chi connectivity index (χ2n) is 3.81. The SMILES string of the molecule is O=C(NCc1cccc(F)c1)c1cc(Cl)nc(Cl)c1. The average Bonchev–Trinajstić information content (AvgIpc) is 2.35. The summed E-state index contributed by atoms with van der Waals surface area (Å²) < 4.78 is 13.0. The number of amides is 1. The van der Waals surface area contributed by atoms with Gasteiger partial charge in [-0.1, -0.05) is 35.3 Å². The van der Waals surface area contributed by atoms with Crippen molar-refractivity contribution >= 4 is 29.1 Å². The van der Waals surface area contributed by atoms with Crippen LogP contribution in [0.4, 0.5) is 4.39 Å². The minimum Gasteiger partial charge on any atom is -0.348 e. The minimum atomic E-state index is -0.351. The van der Waals surface area contributed by atoms with E-state index in [-0.39, 0.29) is 28.6 Å². The van der Waals surface area contributed by atoms with E-state index in [1.807, 2.05) is 0 Å². The third-order valence-corrected chi connectivity index (χ3v) is 2.75. The van der Waals surface area contributed by atoms with Gasteiger partial charge in [-0.15, -0.1) is 0 Å². The van der Waals surface area contributed by atoms with Gasteiger partial charge in [0.05, 0.1) is 0 Å². The number of nitrogens with zero attached hydrogens (tertiary/aromatic N) is 1. The highest BCUT2D eigenvalue weighted by Crippen LogP contribution is 2.14. The second kappa shape index (κ2) is 5.99. The summed E-state index contributed by atoms with van der Waals surface area (Å²) in [4.78, 5) is 15.6. The predicted molar refractivity (Wildman–Crippen MR) is 71.8 cm³/mol. The van der Waals surface area contributed by atoms with Crippen LogP contribution < -0.4 is 5.32 Å². The monoisotopic (exact) mass is 298 g/mol. The summed E-state index contributed by atoms with van der Waals surface area (Å²) in [5, 5.41) is 2.93. The third kappa shape index (κ3) is 3.91. The van der Waals surface area contributed by atoms with Crippen LogP contribution in [0.15, 0.2) is 36.4 Å². The van der Waals surface area contributed by atoms with Crippen molar-refractivity contribution in [3.8, 4) is 0 Å². The van der Waals surface area contributed by atoms with Crippen LogP contribution in [0.3, 0.4) is 0 Å². The summed E-state index contributed by atoms with van der Waals surface area (Å²) in [6.45, 7) is 0.216. The molecule has 3 nitrogen and oxygen atoms in total. The van der Waals surface area contributed by atoms with Crippen molar-refractivity contribution in [3.63, 3.8) is 0 Å². The Balaban J connectivity index is 2.05. The second-order valence-corrected chi connectivity index (χ2v) is 4.59. The lowest BCUT2D eigenvalue weighted by Gasteiger charge is -2.06. The van der Waals surface area contributed by atoms with Crippen LogP contribution in [0.25, 0.3) is 0 Å². The molecule has 1 aromatic carbocycles.